The van der Waals surface area contributed by atoms with Crippen LogP contribution in [0.5, 0.6) is 17.2 Å². The fourth-order valence-electron chi connectivity index (χ4n) is 3.43. The molecule has 1 atom stereocenters. The van der Waals surface area contributed by atoms with Gasteiger partial charge in [-0.3, -0.25) is 0 Å². The van der Waals surface area contributed by atoms with Crippen LogP contribution in [0.4, 0.5) is 0 Å². The number of hydrogen-bond acceptors (Lipinski definition) is 6. The van der Waals surface area contributed by atoms with E-state index in [0.29, 0.717) is 29.1 Å². The zero-order valence-electron chi connectivity index (χ0n) is 14.6. The molecule has 2 aliphatic heterocycles. The van der Waals surface area contributed by atoms with E-state index in [1.807, 2.05) is 36.4 Å². The van der Waals surface area contributed by atoms with Crippen LogP contribution in [-0.2, 0) is 4.74 Å². The van der Waals surface area contributed by atoms with Crippen LogP contribution >= 0.6 is 0 Å². The highest BCUT2D eigenvalue weighted by molar-refractivity contribution is 5.89. The quantitative estimate of drug-likeness (QED) is 0.654. The van der Waals surface area contributed by atoms with Crippen LogP contribution in [0.2, 0.25) is 0 Å². The molecule has 136 valence electrons. The number of methoxy groups -OCH3 is 1. The summed E-state index contributed by atoms with van der Waals surface area (Å²) in [5.41, 5.74) is 1.75. The fourth-order valence-corrected chi connectivity index (χ4v) is 3.43. The van der Waals surface area contributed by atoms with Gasteiger partial charge in [-0.05, 0) is 35.9 Å². The van der Waals surface area contributed by atoms with Gasteiger partial charge in [0.05, 0.1) is 7.11 Å². The van der Waals surface area contributed by atoms with Crippen LogP contribution in [0.1, 0.15) is 23.7 Å². The summed E-state index contributed by atoms with van der Waals surface area (Å²) >= 11 is 0. The molecule has 0 N–H and O–H groups in total. The first-order chi connectivity index (χ1) is 13.2. The van der Waals surface area contributed by atoms with Gasteiger partial charge in [0.1, 0.15) is 23.2 Å². The zero-order chi connectivity index (χ0) is 18.4. The highest BCUT2D eigenvalue weighted by atomic mass is 16.7. The molecule has 27 heavy (non-hydrogen) atoms. The number of ether oxygens (including phenoxy) is 4. The summed E-state index contributed by atoms with van der Waals surface area (Å²) in [4.78, 5) is 12.0. The fraction of sp³-hybridized carbons (Fsp3) is 0.190. The molecule has 0 radical (unpaired) electrons. The van der Waals surface area contributed by atoms with Gasteiger partial charge in [0.25, 0.3) is 0 Å². The van der Waals surface area contributed by atoms with Crippen molar-refractivity contribution in [3.05, 3.63) is 70.1 Å². The highest BCUT2D eigenvalue weighted by Gasteiger charge is 2.25. The Hall–Kier alpha value is -3.41. The third kappa shape index (κ3) is 2.70. The van der Waals surface area contributed by atoms with E-state index in [0.717, 1.165) is 22.4 Å². The third-order valence-corrected chi connectivity index (χ3v) is 4.77. The molecule has 6 heteroatoms. The maximum absolute atomic E-state index is 12.0. The Morgan fingerprint density at radius 1 is 1.04 bits per heavy atom. The second-order valence-electron chi connectivity index (χ2n) is 6.36. The van der Waals surface area contributed by atoms with E-state index in [9.17, 15) is 4.79 Å². The summed E-state index contributed by atoms with van der Waals surface area (Å²) in [6, 6.07) is 12.6. The summed E-state index contributed by atoms with van der Waals surface area (Å²) in [7, 11) is 1.57. The summed E-state index contributed by atoms with van der Waals surface area (Å²) < 4.78 is 27.5. The lowest BCUT2D eigenvalue weighted by atomic mass is 10.1. The first-order valence-electron chi connectivity index (χ1n) is 8.60. The molecule has 6 nitrogen and oxygen atoms in total. The molecule has 3 aromatic rings. The zero-order valence-corrected chi connectivity index (χ0v) is 14.6. The molecular formula is C21H16O6. The molecule has 0 spiro atoms. The SMILES string of the molecule is COc1ccc2c(C3=CCC(c4ccc5c(c4)OCO5)O3)cc(=O)oc2c1. The minimum absolute atomic E-state index is 0.143. The largest absolute Gasteiger partial charge is 0.497 e. The lowest BCUT2D eigenvalue weighted by Gasteiger charge is -2.15. The number of rotatable bonds is 3. The first kappa shape index (κ1) is 15.8. The van der Waals surface area contributed by atoms with Gasteiger partial charge in [-0.1, -0.05) is 6.07 Å². The molecule has 0 bridgehead atoms. The van der Waals surface area contributed by atoms with E-state index in [4.69, 9.17) is 23.4 Å². The number of benzene rings is 2. The Morgan fingerprint density at radius 2 is 1.93 bits per heavy atom. The Kier molecular flexibility index (Phi) is 3.57. The predicted octanol–water partition coefficient (Wildman–Crippen LogP) is 4.03. The molecule has 1 unspecified atom stereocenters. The Morgan fingerprint density at radius 3 is 2.81 bits per heavy atom. The minimum atomic E-state index is -0.429. The van der Waals surface area contributed by atoms with Crippen molar-refractivity contribution in [2.24, 2.45) is 0 Å². The van der Waals surface area contributed by atoms with E-state index < -0.39 is 5.63 Å². The molecule has 0 aliphatic carbocycles. The summed E-state index contributed by atoms with van der Waals surface area (Å²) in [5.74, 6) is 2.76. The molecule has 0 fully saturated rings. The topological polar surface area (TPSA) is 67.1 Å². The van der Waals surface area contributed by atoms with E-state index in [-0.39, 0.29) is 12.9 Å². The average molecular weight is 364 g/mol. The maximum Gasteiger partial charge on any atom is 0.336 e. The van der Waals surface area contributed by atoms with Crippen LogP contribution < -0.4 is 19.8 Å². The molecule has 0 amide bonds. The molecule has 2 aliphatic rings. The molecule has 0 saturated heterocycles. The molecule has 3 heterocycles. The van der Waals surface area contributed by atoms with Gasteiger partial charge in [0.15, 0.2) is 11.5 Å². The summed E-state index contributed by atoms with van der Waals surface area (Å²) in [6.07, 6.45) is 2.55. The van der Waals surface area contributed by atoms with Gasteiger partial charge in [-0.15, -0.1) is 0 Å². The van der Waals surface area contributed by atoms with Crippen LogP contribution in [0.25, 0.3) is 16.7 Å². The standard InChI is InChI=1S/C21H16O6/c1-23-13-3-4-14-15(10-21(22)27-19(14)9-13)17-7-6-16(26-17)12-2-5-18-20(8-12)25-11-24-18/h2-5,7-10,16H,6,11H2,1H3. The predicted molar refractivity (Wildman–Crippen MR) is 98.0 cm³/mol. The lowest BCUT2D eigenvalue weighted by Crippen LogP contribution is -2.02. The number of fused-ring (bicyclic) bond motifs is 2. The number of hydrogen-bond donors (Lipinski definition) is 0. The van der Waals surface area contributed by atoms with Crippen molar-refractivity contribution in [1.82, 2.24) is 0 Å². The molecule has 1 aromatic heterocycles. The van der Waals surface area contributed by atoms with Gasteiger partial charge in [0, 0.05) is 29.5 Å². The van der Waals surface area contributed by atoms with Gasteiger partial charge in [-0.25, -0.2) is 4.79 Å². The summed E-state index contributed by atoms with van der Waals surface area (Å²) in [5, 5.41) is 0.799. The average Bonchev–Trinajstić information content (AvgIpc) is 3.35. The van der Waals surface area contributed by atoms with Crippen molar-refractivity contribution < 1.29 is 23.4 Å². The third-order valence-electron chi connectivity index (χ3n) is 4.77. The maximum atomic E-state index is 12.0. The van der Waals surface area contributed by atoms with E-state index >= 15 is 0 Å². The van der Waals surface area contributed by atoms with Gasteiger partial charge in [0.2, 0.25) is 6.79 Å². The smallest absolute Gasteiger partial charge is 0.336 e. The van der Waals surface area contributed by atoms with Crippen molar-refractivity contribution in [3.63, 3.8) is 0 Å². The van der Waals surface area contributed by atoms with Crippen molar-refractivity contribution in [1.29, 1.82) is 0 Å². The normalized spacial score (nSPS) is 17.7. The van der Waals surface area contributed by atoms with Crippen LogP contribution in [0, 0.1) is 0 Å². The summed E-state index contributed by atoms with van der Waals surface area (Å²) in [6.45, 7) is 0.239. The highest BCUT2D eigenvalue weighted by Crippen LogP contribution is 2.41. The molecular weight excluding hydrogens is 348 g/mol. The van der Waals surface area contributed by atoms with E-state index in [2.05, 4.69) is 0 Å². The van der Waals surface area contributed by atoms with Gasteiger partial charge in [-0.2, -0.15) is 0 Å². The van der Waals surface area contributed by atoms with Crippen LogP contribution in [0.15, 0.2) is 57.8 Å². The Bertz CT molecular complexity index is 1130. The Balaban J connectivity index is 1.49. The van der Waals surface area contributed by atoms with Gasteiger partial charge < -0.3 is 23.4 Å². The van der Waals surface area contributed by atoms with E-state index in [1.54, 1.807) is 13.2 Å². The second-order valence-corrected chi connectivity index (χ2v) is 6.36. The van der Waals surface area contributed by atoms with Crippen molar-refractivity contribution in [2.45, 2.75) is 12.5 Å². The van der Waals surface area contributed by atoms with Gasteiger partial charge >= 0.3 is 5.63 Å². The minimum Gasteiger partial charge on any atom is -0.497 e. The Labute approximate surface area is 154 Å². The van der Waals surface area contributed by atoms with Crippen LogP contribution in [-0.4, -0.2) is 13.9 Å². The molecule has 0 saturated carbocycles. The molecule has 5 rings (SSSR count). The van der Waals surface area contributed by atoms with Crippen molar-refractivity contribution in [3.8, 4) is 17.2 Å². The van der Waals surface area contributed by atoms with E-state index in [1.165, 1.54) is 6.07 Å². The second kappa shape index (κ2) is 6.09. The molecule has 2 aromatic carbocycles. The monoisotopic (exact) mass is 364 g/mol. The lowest BCUT2D eigenvalue weighted by molar-refractivity contribution is 0.173. The van der Waals surface area contributed by atoms with Crippen molar-refractivity contribution in [2.75, 3.05) is 13.9 Å². The first-order valence-corrected chi connectivity index (χ1v) is 8.60. The van der Waals surface area contributed by atoms with Crippen LogP contribution in [0.3, 0.4) is 0 Å². The van der Waals surface area contributed by atoms with Crippen molar-refractivity contribution >= 4 is 16.7 Å².